The second-order valence-electron chi connectivity index (χ2n) is 3.88. The van der Waals surface area contributed by atoms with Gasteiger partial charge in [-0.25, -0.2) is 10.8 Å². The molecule has 0 spiro atoms. The van der Waals surface area contributed by atoms with Gasteiger partial charge in [-0.2, -0.15) is 0 Å². The molecule has 0 radical (unpaired) electrons. The number of amides is 1. The highest BCUT2D eigenvalue weighted by Gasteiger charge is 2.05. The van der Waals surface area contributed by atoms with E-state index in [0.717, 1.165) is 25.9 Å². The number of methoxy groups -OCH3 is 1. The molecule has 0 saturated carbocycles. The number of nitrogen functional groups attached to an aromatic ring is 1. The van der Waals surface area contributed by atoms with Crippen molar-refractivity contribution < 1.29 is 9.53 Å². The lowest BCUT2D eigenvalue weighted by Crippen LogP contribution is -2.24. The first-order valence-corrected chi connectivity index (χ1v) is 5.97. The highest BCUT2D eigenvalue weighted by Crippen LogP contribution is 2.05. The Morgan fingerprint density at radius 3 is 3.00 bits per heavy atom. The van der Waals surface area contributed by atoms with Gasteiger partial charge < -0.3 is 15.5 Å². The van der Waals surface area contributed by atoms with Crippen molar-refractivity contribution in [2.45, 2.75) is 19.3 Å². The lowest BCUT2D eigenvalue weighted by Gasteiger charge is -2.06. The van der Waals surface area contributed by atoms with E-state index in [1.54, 1.807) is 25.4 Å². The van der Waals surface area contributed by atoms with Gasteiger partial charge >= 0.3 is 0 Å². The number of nitrogens with two attached hydrogens (primary N) is 1. The van der Waals surface area contributed by atoms with Gasteiger partial charge in [0.05, 0.1) is 0 Å². The fourth-order valence-electron chi connectivity index (χ4n) is 1.50. The van der Waals surface area contributed by atoms with Crippen LogP contribution in [0.15, 0.2) is 18.3 Å². The second-order valence-corrected chi connectivity index (χ2v) is 3.88. The SMILES string of the molecule is COCCCCCNC(=O)c1ccnc(NN)c1. The molecule has 1 heterocycles. The van der Waals surface area contributed by atoms with Crippen LogP contribution in [0.25, 0.3) is 0 Å². The lowest BCUT2D eigenvalue weighted by molar-refractivity contribution is 0.0952. The van der Waals surface area contributed by atoms with Crippen LogP contribution >= 0.6 is 0 Å². The van der Waals surface area contributed by atoms with E-state index in [1.807, 2.05) is 0 Å². The Morgan fingerprint density at radius 1 is 1.44 bits per heavy atom. The van der Waals surface area contributed by atoms with Gasteiger partial charge in [0.25, 0.3) is 5.91 Å². The monoisotopic (exact) mass is 252 g/mol. The molecule has 0 aliphatic rings. The van der Waals surface area contributed by atoms with Crippen LogP contribution in [-0.2, 0) is 4.74 Å². The summed E-state index contributed by atoms with van der Waals surface area (Å²) in [7, 11) is 1.69. The minimum atomic E-state index is -0.111. The van der Waals surface area contributed by atoms with Gasteiger partial charge in [0, 0.05) is 32.0 Å². The standard InChI is InChI=1S/C12H20N4O2/c1-18-8-4-2-3-6-15-12(17)10-5-7-14-11(9-10)16-13/h5,7,9H,2-4,6,8,13H2,1H3,(H,14,16)(H,15,17). The fraction of sp³-hybridized carbons (Fsp3) is 0.500. The summed E-state index contributed by atoms with van der Waals surface area (Å²) in [6.45, 7) is 1.43. The number of hydrogen-bond donors (Lipinski definition) is 3. The van der Waals surface area contributed by atoms with Crippen LogP contribution in [0.4, 0.5) is 5.82 Å². The Morgan fingerprint density at radius 2 is 2.28 bits per heavy atom. The average molecular weight is 252 g/mol. The number of aromatic nitrogens is 1. The lowest BCUT2D eigenvalue weighted by atomic mass is 10.2. The molecule has 0 aliphatic heterocycles. The molecule has 1 aromatic heterocycles. The van der Waals surface area contributed by atoms with Crippen molar-refractivity contribution >= 4 is 11.7 Å². The van der Waals surface area contributed by atoms with Gasteiger partial charge in [-0.05, 0) is 31.4 Å². The van der Waals surface area contributed by atoms with E-state index in [9.17, 15) is 4.79 Å². The summed E-state index contributed by atoms with van der Waals surface area (Å²) < 4.78 is 4.95. The molecule has 0 unspecified atom stereocenters. The van der Waals surface area contributed by atoms with Crippen molar-refractivity contribution in [3.05, 3.63) is 23.9 Å². The van der Waals surface area contributed by atoms with Gasteiger partial charge in [-0.1, -0.05) is 0 Å². The molecule has 0 atom stereocenters. The zero-order chi connectivity index (χ0) is 13.2. The average Bonchev–Trinajstić information content (AvgIpc) is 2.42. The molecule has 4 N–H and O–H groups in total. The number of nitrogens with one attached hydrogen (secondary N) is 2. The fourth-order valence-corrected chi connectivity index (χ4v) is 1.50. The third-order valence-corrected chi connectivity index (χ3v) is 2.48. The van der Waals surface area contributed by atoms with E-state index >= 15 is 0 Å². The number of carbonyl (C=O) groups excluding carboxylic acids is 1. The summed E-state index contributed by atoms with van der Waals surface area (Å²) in [6, 6.07) is 3.27. The molecule has 0 saturated heterocycles. The molecule has 6 heteroatoms. The van der Waals surface area contributed by atoms with Crippen LogP contribution in [-0.4, -0.2) is 31.2 Å². The van der Waals surface area contributed by atoms with E-state index in [0.29, 0.717) is 17.9 Å². The molecular weight excluding hydrogens is 232 g/mol. The zero-order valence-corrected chi connectivity index (χ0v) is 10.6. The Hall–Kier alpha value is -1.66. The molecule has 0 bridgehead atoms. The van der Waals surface area contributed by atoms with Crippen molar-refractivity contribution in [3.63, 3.8) is 0 Å². The summed E-state index contributed by atoms with van der Waals surface area (Å²) in [5.41, 5.74) is 2.96. The number of anilines is 1. The van der Waals surface area contributed by atoms with Crippen LogP contribution in [0.3, 0.4) is 0 Å². The molecule has 18 heavy (non-hydrogen) atoms. The smallest absolute Gasteiger partial charge is 0.251 e. The third kappa shape index (κ3) is 5.11. The first kappa shape index (κ1) is 14.4. The van der Waals surface area contributed by atoms with Gasteiger partial charge in [0.1, 0.15) is 5.82 Å². The Kier molecular flexibility index (Phi) is 6.75. The largest absolute Gasteiger partial charge is 0.385 e. The summed E-state index contributed by atoms with van der Waals surface area (Å²) in [5.74, 6) is 5.60. The predicted molar refractivity (Wildman–Crippen MR) is 70.1 cm³/mol. The van der Waals surface area contributed by atoms with Crippen LogP contribution in [0.1, 0.15) is 29.6 Å². The van der Waals surface area contributed by atoms with Gasteiger partial charge in [0.15, 0.2) is 0 Å². The van der Waals surface area contributed by atoms with Gasteiger partial charge in [-0.15, -0.1) is 0 Å². The maximum atomic E-state index is 11.8. The molecule has 1 rings (SSSR count). The van der Waals surface area contributed by atoms with Crippen LogP contribution in [0, 0.1) is 0 Å². The topological polar surface area (TPSA) is 89.3 Å². The number of nitrogens with zero attached hydrogens (tertiary/aromatic N) is 1. The van der Waals surface area contributed by atoms with Gasteiger partial charge in [-0.3, -0.25) is 4.79 Å². The normalized spacial score (nSPS) is 10.1. The minimum Gasteiger partial charge on any atom is -0.385 e. The summed E-state index contributed by atoms with van der Waals surface area (Å²) in [6.07, 6.45) is 4.55. The van der Waals surface area contributed by atoms with E-state index in [2.05, 4.69) is 15.7 Å². The van der Waals surface area contributed by atoms with Gasteiger partial charge in [0.2, 0.25) is 0 Å². The molecule has 1 aromatic rings. The van der Waals surface area contributed by atoms with Crippen molar-refractivity contribution in [2.75, 3.05) is 25.7 Å². The first-order chi connectivity index (χ1) is 8.77. The van der Waals surface area contributed by atoms with Crippen LogP contribution in [0.5, 0.6) is 0 Å². The van der Waals surface area contributed by atoms with Crippen molar-refractivity contribution in [3.8, 4) is 0 Å². The second kappa shape index (κ2) is 8.43. The van der Waals surface area contributed by atoms with Crippen molar-refractivity contribution in [2.24, 2.45) is 5.84 Å². The maximum absolute atomic E-state index is 11.8. The molecule has 1 amide bonds. The highest BCUT2D eigenvalue weighted by molar-refractivity contribution is 5.94. The van der Waals surface area contributed by atoms with E-state index in [-0.39, 0.29) is 5.91 Å². The maximum Gasteiger partial charge on any atom is 0.251 e. The summed E-state index contributed by atoms with van der Waals surface area (Å²) in [4.78, 5) is 15.7. The Bertz CT molecular complexity index is 371. The highest BCUT2D eigenvalue weighted by atomic mass is 16.5. The quantitative estimate of drug-likeness (QED) is 0.363. The number of ether oxygens (including phenoxy) is 1. The predicted octanol–water partition coefficient (Wildman–Crippen LogP) is 0.914. The number of hydrazine groups is 1. The van der Waals surface area contributed by atoms with E-state index in [1.165, 1.54) is 0 Å². The molecule has 100 valence electrons. The third-order valence-electron chi connectivity index (χ3n) is 2.48. The number of pyridine rings is 1. The first-order valence-electron chi connectivity index (χ1n) is 5.97. The summed E-state index contributed by atoms with van der Waals surface area (Å²) >= 11 is 0. The molecule has 0 aliphatic carbocycles. The molecular formula is C12H20N4O2. The van der Waals surface area contributed by atoms with Crippen molar-refractivity contribution in [1.29, 1.82) is 0 Å². The van der Waals surface area contributed by atoms with Crippen molar-refractivity contribution in [1.82, 2.24) is 10.3 Å². The minimum absolute atomic E-state index is 0.111. The number of hydrogen-bond acceptors (Lipinski definition) is 5. The molecule has 6 nitrogen and oxygen atoms in total. The summed E-state index contributed by atoms with van der Waals surface area (Å²) in [5, 5.41) is 2.85. The number of rotatable bonds is 8. The number of carbonyl (C=O) groups is 1. The van der Waals surface area contributed by atoms with E-state index < -0.39 is 0 Å². The molecule has 0 aromatic carbocycles. The van der Waals surface area contributed by atoms with Crippen LogP contribution < -0.4 is 16.6 Å². The van der Waals surface area contributed by atoms with Crippen LogP contribution in [0.2, 0.25) is 0 Å². The van der Waals surface area contributed by atoms with E-state index in [4.69, 9.17) is 10.6 Å². The Balaban J connectivity index is 2.27. The number of unbranched alkanes of at least 4 members (excludes halogenated alkanes) is 2. The Labute approximate surface area is 107 Å². The molecule has 0 fully saturated rings. The zero-order valence-electron chi connectivity index (χ0n) is 10.6.